The van der Waals surface area contributed by atoms with Gasteiger partial charge in [-0.2, -0.15) is 0 Å². The molecule has 2 atom stereocenters. The first-order chi connectivity index (χ1) is 12.4. The van der Waals surface area contributed by atoms with E-state index in [1.807, 2.05) is 17.9 Å². The van der Waals surface area contributed by atoms with E-state index >= 15 is 0 Å². The van der Waals surface area contributed by atoms with Gasteiger partial charge in [-0.15, -0.1) is 13.2 Å². The van der Waals surface area contributed by atoms with Crippen LogP contribution in [0.5, 0.6) is 0 Å². The van der Waals surface area contributed by atoms with E-state index in [9.17, 15) is 0 Å². The molecule has 0 aliphatic carbocycles. The zero-order valence-corrected chi connectivity index (χ0v) is 20.0. The summed E-state index contributed by atoms with van der Waals surface area (Å²) < 4.78 is 18.4. The van der Waals surface area contributed by atoms with Gasteiger partial charge in [-0.25, -0.2) is 0 Å². The molecule has 0 fully saturated rings. The minimum absolute atomic E-state index is 0.703. The fourth-order valence-corrected chi connectivity index (χ4v) is 8.58. The molecule has 154 valence electrons. The van der Waals surface area contributed by atoms with Crippen LogP contribution in [0.25, 0.3) is 0 Å². The monoisotopic (exact) mass is 400 g/mol. The van der Waals surface area contributed by atoms with Gasteiger partial charge in [0, 0.05) is 13.2 Å². The Morgan fingerprint density at radius 3 is 1.46 bits per heavy atom. The third-order valence-corrected chi connectivity index (χ3v) is 10.9. The average Bonchev–Trinajstić information content (AvgIpc) is 2.64. The largest absolute Gasteiger partial charge is 0.409 e. The Balaban J connectivity index is 3.92. The lowest BCUT2D eigenvalue weighted by atomic mass is 10.1. The molecule has 0 bridgehead atoms. The Morgan fingerprint density at radius 1 is 0.615 bits per heavy atom. The van der Waals surface area contributed by atoms with Gasteiger partial charge in [-0.1, -0.05) is 83.0 Å². The van der Waals surface area contributed by atoms with Crippen LogP contribution in [0.3, 0.4) is 0 Å². The van der Waals surface area contributed by atoms with Crippen LogP contribution in [0.1, 0.15) is 84.5 Å². The summed E-state index contributed by atoms with van der Waals surface area (Å²) in [7, 11) is -4.77. The van der Waals surface area contributed by atoms with Crippen molar-refractivity contribution in [1.82, 2.24) is 0 Å². The summed E-state index contributed by atoms with van der Waals surface area (Å²) in [4.78, 5) is 0. The lowest BCUT2D eigenvalue weighted by Crippen LogP contribution is -2.50. The topological polar surface area (TPSA) is 27.7 Å². The van der Waals surface area contributed by atoms with E-state index in [0.29, 0.717) is 6.61 Å². The molecule has 0 saturated heterocycles. The molecule has 2 unspecified atom stereocenters. The van der Waals surface area contributed by atoms with Crippen molar-refractivity contribution in [3.63, 3.8) is 0 Å². The molecular formula is C21H44O3Si2. The molecule has 0 aromatic carbocycles. The van der Waals surface area contributed by atoms with Crippen LogP contribution in [0.2, 0.25) is 13.1 Å². The maximum absolute atomic E-state index is 6.32. The zero-order valence-electron chi connectivity index (χ0n) is 18.0. The van der Waals surface area contributed by atoms with E-state index in [1.54, 1.807) is 0 Å². The van der Waals surface area contributed by atoms with Crippen molar-refractivity contribution in [1.29, 1.82) is 0 Å². The summed E-state index contributed by atoms with van der Waals surface area (Å²) in [5, 5.41) is 0. The second-order valence-corrected chi connectivity index (χ2v) is 13.7. The summed E-state index contributed by atoms with van der Waals surface area (Å²) in [5.74, 6) is 0. The normalized spacial score (nSPS) is 16.0. The molecule has 0 rings (SSSR count). The van der Waals surface area contributed by atoms with E-state index in [1.165, 1.54) is 57.8 Å². The molecule has 0 heterocycles. The van der Waals surface area contributed by atoms with Crippen LogP contribution >= 0.6 is 0 Å². The van der Waals surface area contributed by atoms with Crippen LogP contribution in [0, 0.1) is 0 Å². The average molecular weight is 401 g/mol. The Labute approximate surface area is 165 Å². The molecule has 0 aliphatic rings. The highest BCUT2D eigenvalue weighted by atomic mass is 28.5. The van der Waals surface area contributed by atoms with Crippen LogP contribution < -0.4 is 0 Å². The smallest absolute Gasteiger partial charge is 0.352 e. The minimum atomic E-state index is -2.39. The summed E-state index contributed by atoms with van der Waals surface area (Å²) in [5.41, 5.74) is 3.72. The van der Waals surface area contributed by atoms with E-state index in [0.717, 1.165) is 19.4 Å². The molecule has 0 aliphatic heterocycles. The van der Waals surface area contributed by atoms with E-state index < -0.39 is 17.1 Å². The molecule has 3 nitrogen and oxygen atoms in total. The first-order valence-electron chi connectivity index (χ1n) is 10.7. The predicted octanol–water partition coefficient (Wildman–Crippen LogP) is 6.96. The maximum atomic E-state index is 6.32. The lowest BCUT2D eigenvalue weighted by molar-refractivity contribution is 0.199. The number of hydrogen-bond acceptors (Lipinski definition) is 3. The van der Waals surface area contributed by atoms with Crippen LogP contribution in [-0.4, -0.2) is 30.3 Å². The van der Waals surface area contributed by atoms with Crippen molar-refractivity contribution in [2.75, 3.05) is 13.2 Å². The Morgan fingerprint density at radius 2 is 1.04 bits per heavy atom. The molecule has 0 amide bonds. The summed E-state index contributed by atoms with van der Waals surface area (Å²) in [6.45, 7) is 17.8. The van der Waals surface area contributed by atoms with Crippen LogP contribution in [-0.2, 0) is 13.0 Å². The number of unbranched alkanes of at least 4 members (excludes halogenated alkanes) is 9. The third-order valence-electron chi connectivity index (χ3n) is 4.63. The Hall–Kier alpha value is -0.206. The molecule has 26 heavy (non-hydrogen) atoms. The van der Waals surface area contributed by atoms with Gasteiger partial charge in [0.1, 0.15) is 0 Å². The zero-order chi connectivity index (χ0) is 19.7. The summed E-state index contributed by atoms with van der Waals surface area (Å²) >= 11 is 0. The standard InChI is InChI=1S/C21H44O3Si2/c1-7-11-12-13-14-15-16-17-18-19-21-23-26(6,10-4)24-25(5,9-3)22-20-8-2/h9-10H,3-4,7-8,11-21H2,1-2,5-6H3. The van der Waals surface area contributed by atoms with E-state index in [-0.39, 0.29) is 0 Å². The Bertz CT molecular complexity index is 365. The van der Waals surface area contributed by atoms with Gasteiger partial charge in [0.25, 0.3) is 0 Å². The van der Waals surface area contributed by atoms with Gasteiger partial charge in [0.15, 0.2) is 0 Å². The third kappa shape index (κ3) is 13.0. The SMILES string of the molecule is C=C[Si](C)(OCCC)O[Si](C)(C=C)OCCCCCCCCCCCC. The molecule has 0 aromatic rings. The van der Waals surface area contributed by atoms with Gasteiger partial charge < -0.3 is 13.0 Å². The van der Waals surface area contributed by atoms with Crippen molar-refractivity contribution in [2.45, 2.75) is 97.6 Å². The first-order valence-corrected chi connectivity index (χ1v) is 15.5. The van der Waals surface area contributed by atoms with E-state index in [2.05, 4.69) is 33.6 Å². The highest BCUT2D eigenvalue weighted by molar-refractivity contribution is 6.84. The summed E-state index contributed by atoms with van der Waals surface area (Å²) in [6.07, 6.45) is 14.3. The number of hydrogen-bond donors (Lipinski definition) is 0. The summed E-state index contributed by atoms with van der Waals surface area (Å²) in [6, 6.07) is 0. The maximum Gasteiger partial charge on any atom is 0.352 e. The van der Waals surface area contributed by atoms with Gasteiger partial charge in [-0.3, -0.25) is 0 Å². The predicted molar refractivity (Wildman–Crippen MR) is 119 cm³/mol. The van der Waals surface area contributed by atoms with Crippen molar-refractivity contribution in [3.05, 3.63) is 24.6 Å². The fraction of sp³-hybridized carbons (Fsp3) is 0.810. The van der Waals surface area contributed by atoms with Crippen molar-refractivity contribution in [2.24, 2.45) is 0 Å². The van der Waals surface area contributed by atoms with Crippen molar-refractivity contribution in [3.8, 4) is 0 Å². The van der Waals surface area contributed by atoms with E-state index in [4.69, 9.17) is 13.0 Å². The number of rotatable bonds is 19. The molecule has 5 heteroatoms. The molecule has 0 N–H and O–H groups in total. The first kappa shape index (κ1) is 25.8. The van der Waals surface area contributed by atoms with Gasteiger partial charge in [-0.05, 0) is 25.9 Å². The molecule has 0 radical (unpaired) electrons. The van der Waals surface area contributed by atoms with Crippen LogP contribution in [0.15, 0.2) is 24.6 Å². The van der Waals surface area contributed by atoms with Crippen LogP contribution in [0.4, 0.5) is 0 Å². The fourth-order valence-electron chi connectivity index (χ4n) is 2.83. The van der Waals surface area contributed by atoms with Crippen molar-refractivity contribution >= 4 is 17.1 Å². The highest BCUT2D eigenvalue weighted by Crippen LogP contribution is 2.20. The van der Waals surface area contributed by atoms with Gasteiger partial charge in [0.05, 0.1) is 0 Å². The van der Waals surface area contributed by atoms with Gasteiger partial charge >= 0.3 is 17.1 Å². The highest BCUT2D eigenvalue weighted by Gasteiger charge is 2.39. The second-order valence-electron chi connectivity index (χ2n) is 7.42. The lowest BCUT2D eigenvalue weighted by Gasteiger charge is -2.33. The Kier molecular flexibility index (Phi) is 15.7. The van der Waals surface area contributed by atoms with Gasteiger partial charge in [0.2, 0.25) is 0 Å². The molecule has 0 aromatic heterocycles. The van der Waals surface area contributed by atoms with Crippen molar-refractivity contribution < 1.29 is 13.0 Å². The second kappa shape index (κ2) is 15.8. The quantitative estimate of drug-likeness (QED) is 0.173. The molecular weight excluding hydrogens is 356 g/mol. The molecule has 0 saturated carbocycles. The minimum Gasteiger partial charge on any atom is -0.409 e. The molecule has 0 spiro atoms.